The lowest BCUT2D eigenvalue weighted by Crippen LogP contribution is -1.78. The van der Waals surface area contributed by atoms with E-state index < -0.39 is 0 Å². The third kappa shape index (κ3) is 2.64. The predicted molar refractivity (Wildman–Crippen MR) is 88.2 cm³/mol. The molecule has 21 heavy (non-hydrogen) atoms. The molecule has 4 rings (SSSR count). The fourth-order valence-corrected chi connectivity index (χ4v) is 4.00. The molecule has 0 atom stereocenters. The SMILES string of the molecule is Clc1ccc2nc(SCc3nc4ccccc4s3)oc2c1. The second-order valence-corrected chi connectivity index (χ2v) is 6.93. The minimum absolute atomic E-state index is 0.645. The Labute approximate surface area is 134 Å². The molecule has 2 heterocycles. The van der Waals surface area contributed by atoms with Crippen molar-refractivity contribution in [2.75, 3.05) is 0 Å². The van der Waals surface area contributed by atoms with Crippen LogP contribution in [0.5, 0.6) is 0 Å². The highest BCUT2D eigenvalue weighted by molar-refractivity contribution is 7.98. The Kier molecular flexibility index (Phi) is 3.33. The quantitative estimate of drug-likeness (QED) is 0.472. The van der Waals surface area contributed by atoms with Crippen molar-refractivity contribution >= 4 is 56.0 Å². The van der Waals surface area contributed by atoms with E-state index in [-0.39, 0.29) is 0 Å². The van der Waals surface area contributed by atoms with E-state index in [2.05, 4.69) is 16.0 Å². The van der Waals surface area contributed by atoms with E-state index in [9.17, 15) is 0 Å². The zero-order valence-electron chi connectivity index (χ0n) is 10.7. The Morgan fingerprint density at radius 3 is 2.90 bits per heavy atom. The average molecular weight is 333 g/mol. The summed E-state index contributed by atoms with van der Waals surface area (Å²) in [4.78, 5) is 9.04. The van der Waals surface area contributed by atoms with Crippen LogP contribution >= 0.6 is 34.7 Å². The first-order chi connectivity index (χ1) is 10.3. The molecule has 0 bridgehead atoms. The van der Waals surface area contributed by atoms with E-state index in [1.807, 2.05) is 30.3 Å². The lowest BCUT2D eigenvalue weighted by Gasteiger charge is -1.91. The fourth-order valence-electron chi connectivity index (χ4n) is 2.04. The van der Waals surface area contributed by atoms with Crippen molar-refractivity contribution in [3.63, 3.8) is 0 Å². The molecule has 0 N–H and O–H groups in total. The Morgan fingerprint density at radius 1 is 1.10 bits per heavy atom. The summed E-state index contributed by atoms with van der Waals surface area (Å²) in [5.41, 5.74) is 2.59. The number of thioether (sulfide) groups is 1. The van der Waals surface area contributed by atoms with Crippen LogP contribution in [0.15, 0.2) is 52.1 Å². The van der Waals surface area contributed by atoms with E-state index in [4.69, 9.17) is 16.0 Å². The molecule has 6 heteroatoms. The number of rotatable bonds is 3. The molecule has 0 radical (unpaired) electrons. The van der Waals surface area contributed by atoms with E-state index in [1.165, 1.54) is 4.70 Å². The van der Waals surface area contributed by atoms with Gasteiger partial charge in [0.05, 0.1) is 16.0 Å². The van der Waals surface area contributed by atoms with Gasteiger partial charge in [-0.25, -0.2) is 9.97 Å². The van der Waals surface area contributed by atoms with Crippen molar-refractivity contribution in [1.29, 1.82) is 0 Å². The van der Waals surface area contributed by atoms with E-state index >= 15 is 0 Å². The van der Waals surface area contributed by atoms with Gasteiger partial charge < -0.3 is 4.42 Å². The average Bonchev–Trinajstić information content (AvgIpc) is 3.07. The van der Waals surface area contributed by atoms with Crippen LogP contribution in [0, 0.1) is 0 Å². The molecule has 2 aromatic heterocycles. The molecule has 104 valence electrons. The standard InChI is InChI=1S/C15H9ClN2OS2/c16-9-5-6-10-12(7-9)19-15(18-10)20-8-14-17-11-3-1-2-4-13(11)21-14/h1-7H,8H2. The number of oxazole rings is 1. The highest BCUT2D eigenvalue weighted by Crippen LogP contribution is 2.30. The van der Waals surface area contributed by atoms with Crippen LogP contribution in [0.2, 0.25) is 5.02 Å². The monoisotopic (exact) mass is 332 g/mol. The molecule has 0 aliphatic heterocycles. The molecule has 3 nitrogen and oxygen atoms in total. The van der Waals surface area contributed by atoms with Gasteiger partial charge >= 0.3 is 0 Å². The Bertz CT molecular complexity index is 899. The number of para-hydroxylation sites is 1. The summed E-state index contributed by atoms with van der Waals surface area (Å²) >= 11 is 9.19. The maximum atomic E-state index is 5.94. The van der Waals surface area contributed by atoms with Gasteiger partial charge in [-0.05, 0) is 24.3 Å². The minimum atomic E-state index is 0.645. The summed E-state index contributed by atoms with van der Waals surface area (Å²) in [5.74, 6) is 0.750. The smallest absolute Gasteiger partial charge is 0.257 e. The van der Waals surface area contributed by atoms with Gasteiger partial charge in [0.15, 0.2) is 5.58 Å². The number of hydrogen-bond acceptors (Lipinski definition) is 5. The molecular formula is C15H9ClN2OS2. The van der Waals surface area contributed by atoms with Crippen LogP contribution in [0.25, 0.3) is 21.3 Å². The van der Waals surface area contributed by atoms with Crippen molar-refractivity contribution in [1.82, 2.24) is 9.97 Å². The van der Waals surface area contributed by atoms with Crippen LogP contribution in [0.1, 0.15) is 5.01 Å². The molecule has 0 amide bonds. The van der Waals surface area contributed by atoms with Crippen LogP contribution in [-0.4, -0.2) is 9.97 Å². The van der Waals surface area contributed by atoms with Crippen LogP contribution in [0.3, 0.4) is 0 Å². The largest absolute Gasteiger partial charge is 0.431 e. The number of hydrogen-bond donors (Lipinski definition) is 0. The molecule has 0 aliphatic rings. The lowest BCUT2D eigenvalue weighted by atomic mass is 10.3. The summed E-state index contributed by atoms with van der Waals surface area (Å²) in [7, 11) is 0. The van der Waals surface area contributed by atoms with Gasteiger partial charge in [0.1, 0.15) is 10.5 Å². The second-order valence-electron chi connectivity index (χ2n) is 4.46. The van der Waals surface area contributed by atoms with Gasteiger partial charge in [0.2, 0.25) is 0 Å². The van der Waals surface area contributed by atoms with Crippen molar-refractivity contribution < 1.29 is 4.42 Å². The molecule has 0 unspecified atom stereocenters. The molecule has 0 fully saturated rings. The zero-order chi connectivity index (χ0) is 14.2. The van der Waals surface area contributed by atoms with Crippen molar-refractivity contribution in [2.24, 2.45) is 0 Å². The third-order valence-electron chi connectivity index (χ3n) is 2.99. The molecule has 4 aromatic rings. The summed E-state index contributed by atoms with van der Waals surface area (Å²) < 4.78 is 6.89. The number of benzene rings is 2. The minimum Gasteiger partial charge on any atom is -0.431 e. The molecule has 0 saturated carbocycles. The topological polar surface area (TPSA) is 38.9 Å². The van der Waals surface area contributed by atoms with Gasteiger partial charge in [0.25, 0.3) is 5.22 Å². The molecule has 0 saturated heterocycles. The van der Waals surface area contributed by atoms with Gasteiger partial charge in [0, 0.05) is 11.1 Å². The van der Waals surface area contributed by atoms with Crippen LogP contribution in [0.4, 0.5) is 0 Å². The number of thiazole rings is 1. The van der Waals surface area contributed by atoms with Gasteiger partial charge in [-0.15, -0.1) is 11.3 Å². The summed E-state index contributed by atoms with van der Waals surface area (Å²) in [5, 5.41) is 2.37. The van der Waals surface area contributed by atoms with Gasteiger partial charge in [-0.1, -0.05) is 35.5 Å². The van der Waals surface area contributed by atoms with Crippen molar-refractivity contribution in [2.45, 2.75) is 11.0 Å². The summed E-state index contributed by atoms with van der Waals surface area (Å²) in [6, 6.07) is 13.6. The lowest BCUT2D eigenvalue weighted by molar-refractivity contribution is 0.489. The highest BCUT2D eigenvalue weighted by Gasteiger charge is 2.09. The third-order valence-corrected chi connectivity index (χ3v) is 5.28. The number of nitrogens with zero attached hydrogens (tertiary/aromatic N) is 2. The van der Waals surface area contributed by atoms with Gasteiger partial charge in [-0.3, -0.25) is 0 Å². The normalized spacial score (nSPS) is 11.5. The van der Waals surface area contributed by atoms with Crippen LogP contribution in [-0.2, 0) is 5.75 Å². The molecule has 0 aliphatic carbocycles. The van der Waals surface area contributed by atoms with E-state index in [0.717, 1.165) is 21.8 Å². The summed E-state index contributed by atoms with van der Waals surface area (Å²) in [6.45, 7) is 0. The van der Waals surface area contributed by atoms with Crippen LogP contribution < -0.4 is 0 Å². The Balaban J connectivity index is 1.57. The molecular weight excluding hydrogens is 324 g/mol. The summed E-state index contributed by atoms with van der Waals surface area (Å²) in [6.07, 6.45) is 0. The first-order valence-corrected chi connectivity index (χ1v) is 8.49. The Morgan fingerprint density at radius 2 is 2.00 bits per heavy atom. The zero-order valence-corrected chi connectivity index (χ0v) is 13.1. The molecule has 2 aromatic carbocycles. The number of aromatic nitrogens is 2. The Hall–Kier alpha value is -1.56. The first kappa shape index (κ1) is 13.1. The highest BCUT2D eigenvalue weighted by atomic mass is 35.5. The van der Waals surface area contributed by atoms with Crippen molar-refractivity contribution in [3.8, 4) is 0 Å². The van der Waals surface area contributed by atoms with E-state index in [0.29, 0.717) is 15.8 Å². The van der Waals surface area contributed by atoms with Gasteiger partial charge in [-0.2, -0.15) is 0 Å². The molecule has 0 spiro atoms. The van der Waals surface area contributed by atoms with E-state index in [1.54, 1.807) is 29.2 Å². The maximum absolute atomic E-state index is 5.94. The van der Waals surface area contributed by atoms with Crippen molar-refractivity contribution in [3.05, 3.63) is 52.5 Å². The second kappa shape index (κ2) is 5.33. The predicted octanol–water partition coefficient (Wildman–Crippen LogP) is 5.38. The first-order valence-electron chi connectivity index (χ1n) is 6.31. The maximum Gasteiger partial charge on any atom is 0.257 e. The fraction of sp³-hybridized carbons (Fsp3) is 0.0667. The number of halogens is 1. The number of fused-ring (bicyclic) bond motifs is 2.